The Morgan fingerprint density at radius 1 is 1.21 bits per heavy atom. The molecule has 2 amide bonds. The quantitative estimate of drug-likeness (QED) is 0.503. The molecule has 0 saturated carbocycles. The molecule has 0 aliphatic carbocycles. The zero-order valence-electron chi connectivity index (χ0n) is 16.0. The number of amides is 2. The van der Waals surface area contributed by atoms with E-state index in [1.54, 1.807) is 23.6 Å². The summed E-state index contributed by atoms with van der Waals surface area (Å²) < 4.78 is 0.946. The van der Waals surface area contributed by atoms with E-state index in [2.05, 4.69) is 21.2 Å². The van der Waals surface area contributed by atoms with Crippen molar-refractivity contribution in [2.75, 3.05) is 12.3 Å². The van der Waals surface area contributed by atoms with Crippen LogP contribution in [0.1, 0.15) is 25.8 Å². The van der Waals surface area contributed by atoms with Gasteiger partial charge in [-0.2, -0.15) is 0 Å². The number of hydrogen-bond acceptors (Lipinski definition) is 3. The van der Waals surface area contributed by atoms with Gasteiger partial charge in [0.1, 0.15) is 6.04 Å². The van der Waals surface area contributed by atoms with Gasteiger partial charge in [-0.3, -0.25) is 9.59 Å². The number of thioether (sulfide) groups is 1. The number of benzene rings is 2. The van der Waals surface area contributed by atoms with Gasteiger partial charge >= 0.3 is 0 Å². The molecule has 0 radical (unpaired) electrons. The Labute approximate surface area is 184 Å². The summed E-state index contributed by atoms with van der Waals surface area (Å²) in [5.74, 6) is 0.453. The highest BCUT2D eigenvalue weighted by atomic mass is 79.9. The molecule has 0 unspecified atom stereocenters. The van der Waals surface area contributed by atoms with Crippen LogP contribution >= 0.6 is 39.3 Å². The molecular formula is C21H24BrClN2O2S. The fourth-order valence-corrected chi connectivity index (χ4v) is 4.08. The Bertz CT molecular complexity index is 801. The summed E-state index contributed by atoms with van der Waals surface area (Å²) in [4.78, 5) is 28.0. The molecule has 0 aliphatic heterocycles. The van der Waals surface area contributed by atoms with Crippen molar-refractivity contribution < 1.29 is 9.59 Å². The summed E-state index contributed by atoms with van der Waals surface area (Å²) in [5, 5.41) is 3.50. The summed E-state index contributed by atoms with van der Waals surface area (Å²) in [6, 6.07) is 14.8. The second kappa shape index (κ2) is 11.5. The van der Waals surface area contributed by atoms with Crippen molar-refractivity contribution in [2.45, 2.75) is 37.8 Å². The Morgan fingerprint density at radius 3 is 2.57 bits per heavy atom. The Kier molecular flexibility index (Phi) is 9.35. The van der Waals surface area contributed by atoms with Crippen LogP contribution in [0.3, 0.4) is 0 Å². The lowest BCUT2D eigenvalue weighted by molar-refractivity contribution is -0.140. The van der Waals surface area contributed by atoms with Crippen molar-refractivity contribution in [3.05, 3.63) is 63.6 Å². The molecule has 2 aromatic rings. The average molecular weight is 484 g/mol. The van der Waals surface area contributed by atoms with Crippen LogP contribution in [-0.4, -0.2) is 35.1 Å². The number of carbonyl (C=O) groups excluding carboxylic acids is 2. The molecule has 0 spiro atoms. The molecule has 150 valence electrons. The third kappa shape index (κ3) is 7.15. The van der Waals surface area contributed by atoms with Crippen LogP contribution in [0.2, 0.25) is 5.02 Å². The van der Waals surface area contributed by atoms with Gasteiger partial charge in [-0.05, 0) is 55.8 Å². The largest absolute Gasteiger partial charge is 0.355 e. The molecule has 2 aromatic carbocycles. The minimum atomic E-state index is -0.535. The normalized spacial score (nSPS) is 11.7. The van der Waals surface area contributed by atoms with Crippen molar-refractivity contribution in [3.63, 3.8) is 0 Å². The van der Waals surface area contributed by atoms with Crippen LogP contribution in [-0.2, 0) is 16.1 Å². The van der Waals surface area contributed by atoms with Gasteiger partial charge in [0.05, 0.1) is 0 Å². The molecule has 0 fully saturated rings. The zero-order valence-corrected chi connectivity index (χ0v) is 19.1. The number of nitrogens with one attached hydrogen (secondary N) is 1. The van der Waals surface area contributed by atoms with E-state index in [-0.39, 0.29) is 11.8 Å². The molecule has 0 saturated heterocycles. The standard InChI is InChI=1S/C21H24BrClN2O2S/c1-3-24-21(27)15(2)25(14-16-5-4-6-17(22)13-16)20(26)11-12-28-19-9-7-18(23)8-10-19/h4-10,13,15H,3,11-12,14H2,1-2H3,(H,24,27)/t15-/m1/s1. The maximum absolute atomic E-state index is 12.9. The van der Waals surface area contributed by atoms with Crippen LogP contribution in [0.25, 0.3) is 0 Å². The SMILES string of the molecule is CCNC(=O)[C@@H](C)N(Cc1cccc(Br)c1)C(=O)CCSc1ccc(Cl)cc1. The number of nitrogens with zero attached hydrogens (tertiary/aromatic N) is 1. The highest BCUT2D eigenvalue weighted by Crippen LogP contribution is 2.22. The van der Waals surface area contributed by atoms with Gasteiger partial charge in [0.15, 0.2) is 0 Å². The molecule has 2 rings (SSSR count). The van der Waals surface area contributed by atoms with Gasteiger partial charge in [-0.15, -0.1) is 11.8 Å². The maximum atomic E-state index is 12.9. The van der Waals surface area contributed by atoms with Gasteiger partial charge < -0.3 is 10.2 Å². The fourth-order valence-electron chi connectivity index (χ4n) is 2.67. The van der Waals surface area contributed by atoms with Gasteiger partial charge in [0.2, 0.25) is 11.8 Å². The Balaban J connectivity index is 2.04. The van der Waals surface area contributed by atoms with Crippen molar-refractivity contribution in [3.8, 4) is 0 Å². The van der Waals surface area contributed by atoms with E-state index in [1.807, 2.05) is 55.5 Å². The second-order valence-electron chi connectivity index (χ2n) is 6.27. The topological polar surface area (TPSA) is 49.4 Å². The number of hydrogen-bond donors (Lipinski definition) is 1. The van der Waals surface area contributed by atoms with E-state index in [9.17, 15) is 9.59 Å². The first-order valence-corrected chi connectivity index (χ1v) is 11.3. The molecule has 4 nitrogen and oxygen atoms in total. The second-order valence-corrected chi connectivity index (χ2v) is 8.79. The van der Waals surface area contributed by atoms with Crippen LogP contribution < -0.4 is 5.32 Å². The fraction of sp³-hybridized carbons (Fsp3) is 0.333. The van der Waals surface area contributed by atoms with Gasteiger partial charge in [-0.25, -0.2) is 0 Å². The van der Waals surface area contributed by atoms with Gasteiger partial charge in [0, 0.05) is 39.7 Å². The lowest BCUT2D eigenvalue weighted by Crippen LogP contribution is -2.47. The molecule has 0 bridgehead atoms. The monoisotopic (exact) mass is 482 g/mol. The summed E-state index contributed by atoms with van der Waals surface area (Å²) in [7, 11) is 0. The highest BCUT2D eigenvalue weighted by Gasteiger charge is 2.25. The number of halogens is 2. The minimum absolute atomic E-state index is 0.0415. The molecule has 7 heteroatoms. The van der Waals surface area contributed by atoms with E-state index >= 15 is 0 Å². The van der Waals surface area contributed by atoms with Crippen molar-refractivity contribution in [1.82, 2.24) is 10.2 Å². The van der Waals surface area contributed by atoms with E-state index in [4.69, 9.17) is 11.6 Å². The highest BCUT2D eigenvalue weighted by molar-refractivity contribution is 9.10. The van der Waals surface area contributed by atoms with Crippen LogP contribution in [0.15, 0.2) is 57.9 Å². The van der Waals surface area contributed by atoms with Crippen molar-refractivity contribution in [1.29, 1.82) is 0 Å². The molecule has 0 aromatic heterocycles. The third-order valence-corrected chi connectivity index (χ3v) is 5.92. The first-order chi connectivity index (χ1) is 13.4. The first-order valence-electron chi connectivity index (χ1n) is 9.10. The molecule has 0 heterocycles. The number of rotatable bonds is 9. The van der Waals surface area contributed by atoms with E-state index in [0.717, 1.165) is 14.9 Å². The van der Waals surface area contributed by atoms with Crippen LogP contribution in [0, 0.1) is 0 Å². The van der Waals surface area contributed by atoms with Gasteiger partial charge in [0.25, 0.3) is 0 Å². The number of likely N-dealkylation sites (N-methyl/N-ethyl adjacent to an activating group) is 1. The average Bonchev–Trinajstić information content (AvgIpc) is 2.67. The van der Waals surface area contributed by atoms with Crippen LogP contribution in [0.4, 0.5) is 0 Å². The van der Waals surface area contributed by atoms with Gasteiger partial charge in [-0.1, -0.05) is 39.7 Å². The maximum Gasteiger partial charge on any atom is 0.242 e. The molecule has 0 aliphatic rings. The Morgan fingerprint density at radius 2 is 1.93 bits per heavy atom. The lowest BCUT2D eigenvalue weighted by atomic mass is 10.1. The number of carbonyl (C=O) groups is 2. The predicted octanol–water partition coefficient (Wildman–Crippen LogP) is 5.14. The smallest absolute Gasteiger partial charge is 0.242 e. The Hall–Kier alpha value is -1.50. The van der Waals surface area contributed by atoms with Crippen LogP contribution in [0.5, 0.6) is 0 Å². The zero-order chi connectivity index (χ0) is 20.5. The minimum Gasteiger partial charge on any atom is -0.355 e. The molecule has 1 N–H and O–H groups in total. The lowest BCUT2D eigenvalue weighted by Gasteiger charge is -2.28. The molecule has 1 atom stereocenters. The van der Waals surface area contributed by atoms with Crippen molar-refractivity contribution in [2.24, 2.45) is 0 Å². The van der Waals surface area contributed by atoms with E-state index in [1.165, 1.54) is 0 Å². The summed E-state index contributed by atoms with van der Waals surface area (Å²) in [6.07, 6.45) is 0.352. The van der Waals surface area contributed by atoms with E-state index < -0.39 is 6.04 Å². The van der Waals surface area contributed by atoms with Crippen molar-refractivity contribution >= 4 is 51.1 Å². The predicted molar refractivity (Wildman–Crippen MR) is 120 cm³/mol. The summed E-state index contributed by atoms with van der Waals surface area (Å²) in [5.41, 5.74) is 0.976. The summed E-state index contributed by atoms with van der Waals surface area (Å²) in [6.45, 7) is 4.57. The first kappa shape index (κ1) is 22.8. The third-order valence-electron chi connectivity index (χ3n) is 4.16. The molecule has 28 heavy (non-hydrogen) atoms. The van der Waals surface area contributed by atoms with E-state index in [0.29, 0.717) is 30.3 Å². The summed E-state index contributed by atoms with van der Waals surface area (Å²) >= 11 is 11.0. The molecular weight excluding hydrogens is 460 g/mol.